The van der Waals surface area contributed by atoms with Gasteiger partial charge in [0.25, 0.3) is 0 Å². The van der Waals surface area contributed by atoms with Crippen LogP contribution in [0.4, 0.5) is 5.69 Å². The zero-order valence-electron chi connectivity index (χ0n) is 17.8. The standard InChI is InChI=1S/C23H20N6O4/c1-32-22(30)19(27-12-15(11-24)17-7-3-5-9-25-17)14-29-20-16(18-8-4-6-10-26-18)13-28-21(20)23(31)33-2/h3-10,12-14,27-29H,1-2H3/b15-12-,19-14-. The summed E-state index contributed by atoms with van der Waals surface area (Å²) >= 11 is 0. The van der Waals surface area contributed by atoms with Gasteiger partial charge in [-0.1, -0.05) is 12.1 Å². The van der Waals surface area contributed by atoms with Crippen LogP contribution in [0.25, 0.3) is 16.8 Å². The van der Waals surface area contributed by atoms with Crippen LogP contribution in [-0.4, -0.2) is 41.1 Å². The Labute approximate surface area is 189 Å². The van der Waals surface area contributed by atoms with E-state index in [1.807, 2.05) is 6.07 Å². The number of hydrogen-bond acceptors (Lipinski definition) is 9. The Morgan fingerprint density at radius 2 is 1.82 bits per heavy atom. The SMILES string of the molecule is COC(=O)/C(=C/Nc1c(-c2ccccn2)c[nH]c1C(=O)OC)N/C=C(/C#N)c1ccccn1. The zero-order valence-corrected chi connectivity index (χ0v) is 17.8. The number of pyridine rings is 2. The summed E-state index contributed by atoms with van der Waals surface area (Å²) < 4.78 is 9.65. The number of carbonyl (C=O) groups is 2. The quantitative estimate of drug-likeness (QED) is 0.271. The molecule has 3 rings (SSSR count). The summed E-state index contributed by atoms with van der Waals surface area (Å²) in [5.41, 5.74) is 2.27. The highest BCUT2D eigenvalue weighted by atomic mass is 16.5. The molecule has 0 fully saturated rings. The topological polar surface area (TPSA) is 142 Å². The van der Waals surface area contributed by atoms with Crippen molar-refractivity contribution in [2.45, 2.75) is 0 Å². The van der Waals surface area contributed by atoms with E-state index >= 15 is 0 Å². The molecule has 0 aliphatic carbocycles. The Kier molecular flexibility index (Phi) is 7.54. The summed E-state index contributed by atoms with van der Waals surface area (Å²) in [6.07, 6.45) is 7.43. The molecule has 166 valence electrons. The molecule has 0 atom stereocenters. The average Bonchev–Trinajstić information content (AvgIpc) is 3.30. The van der Waals surface area contributed by atoms with Gasteiger partial charge in [0.2, 0.25) is 0 Å². The first-order valence-electron chi connectivity index (χ1n) is 9.63. The van der Waals surface area contributed by atoms with Gasteiger partial charge in [-0.2, -0.15) is 5.26 Å². The molecule has 0 aliphatic rings. The predicted octanol–water partition coefficient (Wildman–Crippen LogP) is 2.84. The maximum Gasteiger partial charge on any atom is 0.356 e. The van der Waals surface area contributed by atoms with Crippen molar-refractivity contribution < 1.29 is 19.1 Å². The maximum atomic E-state index is 12.3. The molecule has 10 nitrogen and oxygen atoms in total. The number of anilines is 1. The zero-order chi connectivity index (χ0) is 23.6. The predicted molar refractivity (Wildman–Crippen MR) is 120 cm³/mol. The number of aromatic amines is 1. The van der Waals surface area contributed by atoms with E-state index < -0.39 is 11.9 Å². The van der Waals surface area contributed by atoms with Crippen molar-refractivity contribution >= 4 is 23.2 Å². The third-order valence-electron chi connectivity index (χ3n) is 4.41. The van der Waals surface area contributed by atoms with Gasteiger partial charge in [0.05, 0.1) is 36.9 Å². The molecule has 3 N–H and O–H groups in total. The maximum absolute atomic E-state index is 12.3. The first-order valence-corrected chi connectivity index (χ1v) is 9.63. The molecule has 3 heterocycles. The summed E-state index contributed by atoms with van der Waals surface area (Å²) in [7, 11) is 2.48. The fourth-order valence-electron chi connectivity index (χ4n) is 2.81. The monoisotopic (exact) mass is 444 g/mol. The minimum absolute atomic E-state index is 0.0230. The molecular weight excluding hydrogens is 424 g/mol. The number of H-pyrrole nitrogens is 1. The van der Waals surface area contributed by atoms with E-state index in [-0.39, 0.29) is 17.0 Å². The minimum Gasteiger partial charge on any atom is -0.464 e. The number of rotatable bonds is 8. The van der Waals surface area contributed by atoms with Crippen molar-refractivity contribution in [1.29, 1.82) is 5.26 Å². The molecule has 0 unspecified atom stereocenters. The van der Waals surface area contributed by atoms with Crippen LogP contribution in [0.1, 0.15) is 16.2 Å². The molecule has 0 aliphatic heterocycles. The molecule has 3 aromatic rings. The molecule has 33 heavy (non-hydrogen) atoms. The van der Waals surface area contributed by atoms with E-state index in [1.54, 1.807) is 55.0 Å². The van der Waals surface area contributed by atoms with Crippen LogP contribution in [0.5, 0.6) is 0 Å². The number of nitriles is 1. The highest BCUT2D eigenvalue weighted by molar-refractivity contribution is 5.99. The second-order valence-corrected chi connectivity index (χ2v) is 6.38. The summed E-state index contributed by atoms with van der Waals surface area (Å²) in [6.45, 7) is 0. The Morgan fingerprint density at radius 1 is 1.06 bits per heavy atom. The van der Waals surface area contributed by atoms with Crippen LogP contribution >= 0.6 is 0 Å². The van der Waals surface area contributed by atoms with E-state index in [1.165, 1.54) is 26.6 Å². The van der Waals surface area contributed by atoms with E-state index in [0.717, 1.165) is 0 Å². The largest absolute Gasteiger partial charge is 0.464 e. The number of ether oxygens (including phenoxy) is 2. The van der Waals surface area contributed by atoms with E-state index in [2.05, 4.69) is 25.6 Å². The summed E-state index contributed by atoms with van der Waals surface area (Å²) in [5, 5.41) is 15.2. The Morgan fingerprint density at radius 3 is 2.42 bits per heavy atom. The summed E-state index contributed by atoms with van der Waals surface area (Å²) in [6, 6.07) is 12.5. The second kappa shape index (κ2) is 10.9. The molecule has 0 aromatic carbocycles. The number of nitrogens with one attached hydrogen (secondary N) is 3. The highest BCUT2D eigenvalue weighted by Crippen LogP contribution is 2.30. The van der Waals surface area contributed by atoms with E-state index in [9.17, 15) is 14.9 Å². The van der Waals surface area contributed by atoms with Gasteiger partial charge in [0.15, 0.2) is 0 Å². The average molecular weight is 444 g/mol. The van der Waals surface area contributed by atoms with Gasteiger partial charge >= 0.3 is 11.9 Å². The van der Waals surface area contributed by atoms with Gasteiger partial charge in [-0.15, -0.1) is 0 Å². The third kappa shape index (κ3) is 5.42. The van der Waals surface area contributed by atoms with Gasteiger partial charge in [-0.25, -0.2) is 9.59 Å². The first kappa shape index (κ1) is 22.8. The number of allylic oxidation sites excluding steroid dienone is 1. The molecule has 3 aromatic heterocycles. The van der Waals surface area contributed by atoms with Crippen LogP contribution < -0.4 is 10.6 Å². The van der Waals surface area contributed by atoms with Gasteiger partial charge < -0.3 is 25.1 Å². The van der Waals surface area contributed by atoms with Crippen LogP contribution in [0, 0.1) is 11.3 Å². The lowest BCUT2D eigenvalue weighted by Crippen LogP contribution is -2.19. The Hall–Kier alpha value is -4.91. The third-order valence-corrected chi connectivity index (χ3v) is 4.41. The molecule has 10 heteroatoms. The number of aromatic nitrogens is 3. The van der Waals surface area contributed by atoms with Crippen molar-refractivity contribution in [3.05, 3.63) is 84.5 Å². The lowest BCUT2D eigenvalue weighted by molar-refractivity contribution is -0.136. The summed E-state index contributed by atoms with van der Waals surface area (Å²) in [5.74, 6) is -1.31. The molecule has 0 radical (unpaired) electrons. The summed E-state index contributed by atoms with van der Waals surface area (Å²) in [4.78, 5) is 35.8. The highest BCUT2D eigenvalue weighted by Gasteiger charge is 2.20. The van der Waals surface area contributed by atoms with Crippen molar-refractivity contribution in [1.82, 2.24) is 20.3 Å². The normalized spacial score (nSPS) is 11.3. The number of nitrogens with zero attached hydrogens (tertiary/aromatic N) is 3. The van der Waals surface area contributed by atoms with Crippen LogP contribution in [-0.2, 0) is 14.3 Å². The molecule has 0 saturated carbocycles. The van der Waals surface area contributed by atoms with E-state index in [0.29, 0.717) is 22.6 Å². The number of carbonyl (C=O) groups excluding carboxylic acids is 2. The van der Waals surface area contributed by atoms with Gasteiger partial charge in [-0.05, 0) is 24.3 Å². The lowest BCUT2D eigenvalue weighted by atomic mass is 10.1. The van der Waals surface area contributed by atoms with Crippen molar-refractivity contribution in [3.8, 4) is 17.3 Å². The van der Waals surface area contributed by atoms with Crippen LogP contribution in [0.2, 0.25) is 0 Å². The molecule has 0 amide bonds. The van der Waals surface area contributed by atoms with Crippen molar-refractivity contribution in [2.75, 3.05) is 19.5 Å². The number of methoxy groups -OCH3 is 2. The minimum atomic E-state index is -0.702. The number of hydrogen-bond donors (Lipinski definition) is 3. The second-order valence-electron chi connectivity index (χ2n) is 6.38. The Balaban J connectivity index is 1.96. The van der Waals surface area contributed by atoms with Crippen LogP contribution in [0.15, 0.2) is 73.1 Å². The van der Waals surface area contributed by atoms with Crippen LogP contribution in [0.3, 0.4) is 0 Å². The van der Waals surface area contributed by atoms with Crippen molar-refractivity contribution in [3.63, 3.8) is 0 Å². The molecular formula is C23H20N6O4. The fourth-order valence-corrected chi connectivity index (χ4v) is 2.81. The smallest absolute Gasteiger partial charge is 0.356 e. The van der Waals surface area contributed by atoms with Gasteiger partial charge in [0, 0.05) is 36.6 Å². The first-order chi connectivity index (χ1) is 16.1. The fraction of sp³-hybridized carbons (Fsp3) is 0.0870. The van der Waals surface area contributed by atoms with Gasteiger partial charge in [0.1, 0.15) is 17.5 Å². The molecule has 0 saturated heterocycles. The van der Waals surface area contributed by atoms with E-state index in [4.69, 9.17) is 9.47 Å². The number of esters is 2. The van der Waals surface area contributed by atoms with Crippen molar-refractivity contribution in [2.24, 2.45) is 0 Å². The Bertz CT molecular complexity index is 1230. The lowest BCUT2D eigenvalue weighted by Gasteiger charge is -2.10. The molecule has 0 bridgehead atoms. The molecule has 0 spiro atoms. The van der Waals surface area contributed by atoms with Gasteiger partial charge in [-0.3, -0.25) is 9.97 Å².